The molecule has 0 atom stereocenters. The van der Waals surface area contributed by atoms with Crippen LogP contribution in [0.25, 0.3) is 11.1 Å². The zero-order valence-corrected chi connectivity index (χ0v) is 13.0. The van der Waals surface area contributed by atoms with Gasteiger partial charge in [-0.3, -0.25) is 4.98 Å². The quantitative estimate of drug-likeness (QED) is 0.650. The number of benzene rings is 2. The molecule has 23 heavy (non-hydrogen) atoms. The summed E-state index contributed by atoms with van der Waals surface area (Å²) in [6.07, 6.45) is 3.10. The Morgan fingerprint density at radius 2 is 1.78 bits per heavy atom. The number of rotatable bonds is 4. The van der Waals surface area contributed by atoms with Crippen LogP contribution in [-0.4, -0.2) is 11.0 Å². The van der Waals surface area contributed by atoms with Crippen molar-refractivity contribution in [3.63, 3.8) is 0 Å². The summed E-state index contributed by atoms with van der Waals surface area (Å²) < 4.78 is 5.28. The summed E-state index contributed by atoms with van der Waals surface area (Å²) in [6, 6.07) is 18.8. The third-order valence-electron chi connectivity index (χ3n) is 3.41. The summed E-state index contributed by atoms with van der Waals surface area (Å²) in [5.74, 6) is -0.381. The fourth-order valence-electron chi connectivity index (χ4n) is 2.19. The lowest BCUT2D eigenvalue weighted by atomic mass is 10.0. The number of aromatic nitrogens is 1. The number of esters is 1. The van der Waals surface area contributed by atoms with Crippen LogP contribution in [0.5, 0.6) is 0 Å². The van der Waals surface area contributed by atoms with E-state index in [1.807, 2.05) is 48.5 Å². The number of ether oxygens (including phenoxy) is 1. The van der Waals surface area contributed by atoms with E-state index in [9.17, 15) is 4.79 Å². The Labute approximate surface area is 139 Å². The Morgan fingerprint density at radius 3 is 2.48 bits per heavy atom. The van der Waals surface area contributed by atoms with Gasteiger partial charge in [0.15, 0.2) is 0 Å². The number of carbonyl (C=O) groups is 1. The molecule has 3 aromatic rings. The van der Waals surface area contributed by atoms with Crippen LogP contribution in [0.15, 0.2) is 73.1 Å². The molecule has 1 aromatic heterocycles. The van der Waals surface area contributed by atoms with Crippen molar-refractivity contribution in [2.75, 3.05) is 0 Å². The lowest BCUT2D eigenvalue weighted by Crippen LogP contribution is -2.05. The third-order valence-corrected chi connectivity index (χ3v) is 3.74. The maximum atomic E-state index is 11.9. The van der Waals surface area contributed by atoms with Gasteiger partial charge in [0.25, 0.3) is 0 Å². The van der Waals surface area contributed by atoms with Crippen LogP contribution in [-0.2, 0) is 11.3 Å². The van der Waals surface area contributed by atoms with Gasteiger partial charge >= 0.3 is 5.97 Å². The predicted molar refractivity (Wildman–Crippen MR) is 90.2 cm³/mol. The van der Waals surface area contributed by atoms with Crippen LogP contribution >= 0.6 is 11.6 Å². The summed E-state index contributed by atoms with van der Waals surface area (Å²) in [5.41, 5.74) is 3.37. The number of halogens is 1. The molecular weight excluding hydrogens is 310 g/mol. The van der Waals surface area contributed by atoms with Gasteiger partial charge in [0.1, 0.15) is 6.61 Å². The molecule has 3 rings (SSSR count). The molecule has 0 saturated heterocycles. The predicted octanol–water partition coefficient (Wildman–Crippen LogP) is 4.76. The molecule has 114 valence electrons. The molecule has 0 bridgehead atoms. The summed E-state index contributed by atoms with van der Waals surface area (Å²) in [7, 11) is 0. The Hall–Kier alpha value is -2.65. The summed E-state index contributed by atoms with van der Waals surface area (Å²) in [6.45, 7) is 0.219. The average molecular weight is 324 g/mol. The van der Waals surface area contributed by atoms with Crippen LogP contribution in [0.3, 0.4) is 0 Å². The molecule has 0 unspecified atom stereocenters. The van der Waals surface area contributed by atoms with E-state index >= 15 is 0 Å². The van der Waals surface area contributed by atoms with Gasteiger partial charge in [0.05, 0.1) is 5.56 Å². The molecule has 1 heterocycles. The fraction of sp³-hybridized carbons (Fsp3) is 0.0526. The highest BCUT2D eigenvalue weighted by Gasteiger charge is 2.07. The molecule has 0 radical (unpaired) electrons. The second-order valence-corrected chi connectivity index (χ2v) is 5.40. The standard InChI is InChI=1S/C19H14ClNO2/c20-18-6-2-1-5-17(18)15-9-7-14(8-10-15)13-23-19(22)16-4-3-11-21-12-16/h1-12H,13H2. The van der Waals surface area contributed by atoms with E-state index in [0.717, 1.165) is 16.7 Å². The Balaban J connectivity index is 1.66. The van der Waals surface area contributed by atoms with E-state index < -0.39 is 0 Å². The van der Waals surface area contributed by atoms with E-state index in [1.54, 1.807) is 18.3 Å². The number of hydrogen-bond donors (Lipinski definition) is 0. The minimum atomic E-state index is -0.381. The molecule has 0 aliphatic heterocycles. The van der Waals surface area contributed by atoms with E-state index in [4.69, 9.17) is 16.3 Å². The normalized spacial score (nSPS) is 10.3. The van der Waals surface area contributed by atoms with Crippen LogP contribution in [0.1, 0.15) is 15.9 Å². The van der Waals surface area contributed by atoms with Crippen molar-refractivity contribution < 1.29 is 9.53 Å². The number of pyridine rings is 1. The average Bonchev–Trinajstić information content (AvgIpc) is 2.61. The summed E-state index contributed by atoms with van der Waals surface area (Å²) >= 11 is 6.19. The van der Waals surface area contributed by atoms with Crippen LogP contribution in [0, 0.1) is 0 Å². The minimum Gasteiger partial charge on any atom is -0.457 e. The van der Waals surface area contributed by atoms with Gasteiger partial charge in [0.2, 0.25) is 0 Å². The molecule has 0 fully saturated rings. The van der Waals surface area contributed by atoms with Gasteiger partial charge in [-0.25, -0.2) is 4.79 Å². The van der Waals surface area contributed by atoms with Crippen molar-refractivity contribution in [1.29, 1.82) is 0 Å². The largest absolute Gasteiger partial charge is 0.457 e. The second kappa shape index (κ2) is 7.07. The molecule has 3 nitrogen and oxygen atoms in total. The maximum absolute atomic E-state index is 11.9. The van der Waals surface area contributed by atoms with Gasteiger partial charge < -0.3 is 4.74 Å². The Bertz CT molecular complexity index is 801. The molecule has 0 spiro atoms. The monoisotopic (exact) mass is 323 g/mol. The van der Waals surface area contributed by atoms with E-state index in [1.165, 1.54) is 6.20 Å². The lowest BCUT2D eigenvalue weighted by Gasteiger charge is -2.07. The Morgan fingerprint density at radius 1 is 1.00 bits per heavy atom. The molecular formula is C19H14ClNO2. The Kier molecular flexibility index (Phi) is 4.69. The summed E-state index contributed by atoms with van der Waals surface area (Å²) in [4.78, 5) is 15.8. The molecule has 0 amide bonds. The van der Waals surface area contributed by atoms with E-state index in [0.29, 0.717) is 10.6 Å². The van der Waals surface area contributed by atoms with Crippen molar-refractivity contribution in [2.24, 2.45) is 0 Å². The molecule has 0 N–H and O–H groups in total. The highest BCUT2D eigenvalue weighted by atomic mass is 35.5. The third kappa shape index (κ3) is 3.76. The first kappa shape index (κ1) is 15.3. The zero-order valence-electron chi connectivity index (χ0n) is 12.3. The van der Waals surface area contributed by atoms with Crippen molar-refractivity contribution in [3.05, 3.63) is 89.2 Å². The zero-order chi connectivity index (χ0) is 16.1. The van der Waals surface area contributed by atoms with Crippen LogP contribution < -0.4 is 0 Å². The molecule has 0 aliphatic carbocycles. The number of carbonyl (C=O) groups excluding carboxylic acids is 1. The first-order chi connectivity index (χ1) is 11.2. The molecule has 0 saturated carbocycles. The smallest absolute Gasteiger partial charge is 0.340 e. The molecule has 4 heteroatoms. The van der Waals surface area contributed by atoms with Gasteiger partial charge in [-0.15, -0.1) is 0 Å². The highest BCUT2D eigenvalue weighted by molar-refractivity contribution is 6.33. The number of nitrogens with zero attached hydrogens (tertiary/aromatic N) is 1. The van der Waals surface area contributed by atoms with Crippen LogP contribution in [0.4, 0.5) is 0 Å². The van der Waals surface area contributed by atoms with E-state index in [2.05, 4.69) is 4.98 Å². The molecule has 2 aromatic carbocycles. The summed E-state index contributed by atoms with van der Waals surface area (Å²) in [5, 5.41) is 0.711. The van der Waals surface area contributed by atoms with Crippen molar-refractivity contribution >= 4 is 17.6 Å². The minimum absolute atomic E-state index is 0.219. The maximum Gasteiger partial charge on any atom is 0.340 e. The van der Waals surface area contributed by atoms with Gasteiger partial charge in [-0.2, -0.15) is 0 Å². The fourth-order valence-corrected chi connectivity index (χ4v) is 2.44. The van der Waals surface area contributed by atoms with Gasteiger partial charge in [0, 0.05) is 23.0 Å². The first-order valence-electron chi connectivity index (χ1n) is 7.15. The van der Waals surface area contributed by atoms with Crippen LogP contribution in [0.2, 0.25) is 5.02 Å². The highest BCUT2D eigenvalue weighted by Crippen LogP contribution is 2.27. The van der Waals surface area contributed by atoms with Gasteiger partial charge in [-0.1, -0.05) is 54.1 Å². The van der Waals surface area contributed by atoms with Gasteiger partial charge in [-0.05, 0) is 29.3 Å². The first-order valence-corrected chi connectivity index (χ1v) is 7.53. The van der Waals surface area contributed by atoms with Crippen molar-refractivity contribution in [2.45, 2.75) is 6.61 Å². The van der Waals surface area contributed by atoms with Crippen molar-refractivity contribution in [1.82, 2.24) is 4.98 Å². The topological polar surface area (TPSA) is 39.2 Å². The lowest BCUT2D eigenvalue weighted by molar-refractivity contribution is 0.0472. The SMILES string of the molecule is O=C(OCc1ccc(-c2ccccc2Cl)cc1)c1cccnc1. The van der Waals surface area contributed by atoms with Crippen molar-refractivity contribution in [3.8, 4) is 11.1 Å². The molecule has 0 aliphatic rings. The second-order valence-electron chi connectivity index (χ2n) is 4.99. The number of hydrogen-bond acceptors (Lipinski definition) is 3. The van der Waals surface area contributed by atoms with E-state index in [-0.39, 0.29) is 12.6 Å².